The molecule has 0 aliphatic heterocycles. The fraction of sp³-hybridized carbons (Fsp3) is 0.154. The molecule has 1 aliphatic carbocycles. The van der Waals surface area contributed by atoms with Crippen LogP contribution in [0, 0.1) is 0 Å². The van der Waals surface area contributed by atoms with Gasteiger partial charge in [-0.2, -0.15) is 0 Å². The van der Waals surface area contributed by atoms with Crippen LogP contribution in [0.1, 0.15) is 29.0 Å². The highest BCUT2D eigenvalue weighted by Crippen LogP contribution is 2.44. The van der Waals surface area contributed by atoms with E-state index in [1.165, 1.54) is 33.6 Å². The average molecular weight is 461 g/mol. The normalized spacial score (nSPS) is 12.8. The Balaban J connectivity index is 1.12. The van der Waals surface area contributed by atoms with E-state index in [2.05, 4.69) is 40.6 Å². The van der Waals surface area contributed by atoms with E-state index in [1.54, 1.807) is 0 Å². The van der Waals surface area contributed by atoms with Crippen molar-refractivity contribution in [1.82, 2.24) is 10.3 Å². The van der Waals surface area contributed by atoms with Crippen LogP contribution in [-0.4, -0.2) is 24.2 Å². The maximum atomic E-state index is 12.2. The van der Waals surface area contributed by atoms with E-state index in [0.29, 0.717) is 24.0 Å². The first kappa shape index (κ1) is 20.7. The molecule has 6 heteroatoms. The van der Waals surface area contributed by atoms with Crippen molar-refractivity contribution in [3.63, 3.8) is 0 Å². The van der Waals surface area contributed by atoms with Crippen LogP contribution in [0.2, 0.25) is 4.47 Å². The molecule has 0 bridgehead atoms. The Hall–Kier alpha value is -3.15. The van der Waals surface area contributed by atoms with Gasteiger partial charge in [0.1, 0.15) is 6.61 Å². The highest BCUT2D eigenvalue weighted by atomic mass is 35.5. The van der Waals surface area contributed by atoms with Crippen molar-refractivity contribution in [3.8, 4) is 11.1 Å². The molecule has 0 atom stereocenters. The monoisotopic (exact) mass is 460 g/mol. The van der Waals surface area contributed by atoms with Crippen molar-refractivity contribution in [2.45, 2.75) is 12.3 Å². The van der Waals surface area contributed by atoms with Crippen LogP contribution in [0.15, 0.2) is 72.8 Å². The second kappa shape index (κ2) is 9.15. The molecule has 1 N–H and O–H groups in total. The molecular weight excluding hydrogens is 440 g/mol. The number of hydrogen-bond donors (Lipinski definition) is 1. The Morgan fingerprint density at radius 1 is 1.06 bits per heavy atom. The number of halogens is 1. The topological polar surface area (TPSA) is 51.2 Å². The molecule has 0 radical (unpaired) electrons. The van der Waals surface area contributed by atoms with E-state index in [4.69, 9.17) is 16.3 Å². The minimum absolute atomic E-state index is 0.0724. The maximum Gasteiger partial charge on any atom is 0.407 e. The van der Waals surface area contributed by atoms with Crippen LogP contribution in [-0.2, 0) is 4.74 Å². The summed E-state index contributed by atoms with van der Waals surface area (Å²) in [5.41, 5.74) is 6.86. The lowest BCUT2D eigenvalue weighted by molar-refractivity contribution is 0.143. The Morgan fingerprint density at radius 2 is 1.78 bits per heavy atom. The SMILES string of the molecule is O=C(NCCC=Cc1ccc2nc(Cl)sc2c1)OCC1c2ccccc2-c2ccccc21. The van der Waals surface area contributed by atoms with Crippen LogP contribution in [0.25, 0.3) is 27.4 Å². The van der Waals surface area contributed by atoms with Crippen LogP contribution in [0.3, 0.4) is 0 Å². The number of nitrogens with zero attached hydrogens (tertiary/aromatic N) is 1. The predicted molar refractivity (Wildman–Crippen MR) is 131 cm³/mol. The van der Waals surface area contributed by atoms with Crippen molar-refractivity contribution in [2.75, 3.05) is 13.2 Å². The third-order valence-corrected chi connectivity index (χ3v) is 6.74. The van der Waals surface area contributed by atoms with Gasteiger partial charge in [-0.1, -0.05) is 78.4 Å². The molecule has 0 spiro atoms. The lowest BCUT2D eigenvalue weighted by Crippen LogP contribution is -2.26. The van der Waals surface area contributed by atoms with Crippen molar-refractivity contribution in [3.05, 3.63) is 94.0 Å². The number of fused-ring (bicyclic) bond motifs is 4. The van der Waals surface area contributed by atoms with Crippen molar-refractivity contribution < 1.29 is 9.53 Å². The van der Waals surface area contributed by atoms with Gasteiger partial charge in [0.05, 0.1) is 10.2 Å². The lowest BCUT2D eigenvalue weighted by Gasteiger charge is -2.14. The Kier molecular flexibility index (Phi) is 5.93. The molecule has 160 valence electrons. The quantitative estimate of drug-likeness (QED) is 0.318. The van der Waals surface area contributed by atoms with Crippen LogP contribution in [0.5, 0.6) is 0 Å². The molecule has 1 heterocycles. The van der Waals surface area contributed by atoms with Gasteiger partial charge in [-0.15, -0.1) is 11.3 Å². The van der Waals surface area contributed by atoms with Gasteiger partial charge in [-0.05, 0) is 46.4 Å². The third kappa shape index (κ3) is 4.27. The molecule has 0 saturated heterocycles. The van der Waals surface area contributed by atoms with E-state index in [1.807, 2.05) is 48.6 Å². The minimum Gasteiger partial charge on any atom is -0.449 e. The molecule has 1 aromatic heterocycles. The fourth-order valence-corrected chi connectivity index (χ4v) is 5.22. The number of thiazole rings is 1. The molecule has 0 unspecified atom stereocenters. The molecule has 1 aliphatic rings. The second-order valence-electron chi connectivity index (χ2n) is 7.64. The largest absolute Gasteiger partial charge is 0.449 e. The zero-order chi connectivity index (χ0) is 21.9. The lowest BCUT2D eigenvalue weighted by atomic mass is 9.98. The number of alkyl carbamates (subject to hydrolysis) is 1. The number of nitrogens with one attached hydrogen (secondary N) is 1. The van der Waals surface area contributed by atoms with E-state index in [9.17, 15) is 4.79 Å². The first-order chi connectivity index (χ1) is 15.7. The number of rotatable bonds is 6. The van der Waals surface area contributed by atoms with Gasteiger partial charge in [-0.25, -0.2) is 9.78 Å². The summed E-state index contributed by atoms with van der Waals surface area (Å²) in [6.45, 7) is 0.842. The van der Waals surface area contributed by atoms with Crippen molar-refractivity contribution >= 4 is 45.3 Å². The number of carbonyl (C=O) groups excluding carboxylic acids is 1. The molecule has 3 aromatic carbocycles. The van der Waals surface area contributed by atoms with Crippen molar-refractivity contribution in [2.24, 2.45) is 0 Å². The van der Waals surface area contributed by atoms with Gasteiger partial charge in [0.25, 0.3) is 0 Å². The average Bonchev–Trinajstić information content (AvgIpc) is 3.34. The number of aromatic nitrogens is 1. The van der Waals surface area contributed by atoms with Gasteiger partial charge in [0, 0.05) is 12.5 Å². The fourth-order valence-electron chi connectivity index (χ4n) is 4.14. The molecule has 5 rings (SSSR count). The van der Waals surface area contributed by atoms with Gasteiger partial charge in [-0.3, -0.25) is 0 Å². The summed E-state index contributed by atoms with van der Waals surface area (Å²) in [6.07, 6.45) is 4.40. The standard InChI is InChI=1S/C26H21ClN2O2S/c27-25-29-23-13-12-17(15-24(23)32-25)7-5-6-14-28-26(30)31-16-22-20-10-3-1-8-18(20)19-9-2-4-11-21(19)22/h1-5,7-13,15,22H,6,14,16H2,(H,28,30). The predicted octanol–water partition coefficient (Wildman–Crippen LogP) is 6.89. The Morgan fingerprint density at radius 3 is 2.53 bits per heavy atom. The third-order valence-electron chi connectivity index (χ3n) is 5.62. The van der Waals surface area contributed by atoms with Gasteiger partial charge in [0.2, 0.25) is 0 Å². The Labute approximate surface area is 195 Å². The molecule has 0 saturated carbocycles. The number of ether oxygens (including phenoxy) is 1. The van der Waals surface area contributed by atoms with E-state index in [-0.39, 0.29) is 12.0 Å². The van der Waals surface area contributed by atoms with E-state index in [0.717, 1.165) is 15.8 Å². The molecule has 4 aromatic rings. The molecular formula is C26H21ClN2O2S. The summed E-state index contributed by atoms with van der Waals surface area (Å²) < 4.78 is 7.18. The summed E-state index contributed by atoms with van der Waals surface area (Å²) in [6, 6.07) is 22.7. The number of carbonyl (C=O) groups is 1. The van der Waals surface area contributed by atoms with Crippen LogP contribution in [0.4, 0.5) is 4.79 Å². The smallest absolute Gasteiger partial charge is 0.407 e. The molecule has 32 heavy (non-hydrogen) atoms. The number of benzene rings is 3. The highest BCUT2D eigenvalue weighted by molar-refractivity contribution is 7.22. The summed E-state index contributed by atoms with van der Waals surface area (Å²) in [5.74, 6) is 0.0724. The number of amides is 1. The Bertz CT molecular complexity index is 1270. The highest BCUT2D eigenvalue weighted by Gasteiger charge is 2.28. The zero-order valence-electron chi connectivity index (χ0n) is 17.3. The molecule has 1 amide bonds. The summed E-state index contributed by atoms with van der Waals surface area (Å²) in [7, 11) is 0. The van der Waals surface area contributed by atoms with Crippen molar-refractivity contribution in [1.29, 1.82) is 0 Å². The second-order valence-corrected chi connectivity index (χ2v) is 9.25. The van der Waals surface area contributed by atoms with Crippen LogP contribution >= 0.6 is 22.9 Å². The summed E-state index contributed by atoms with van der Waals surface area (Å²) in [4.78, 5) is 16.5. The van der Waals surface area contributed by atoms with Gasteiger partial charge < -0.3 is 10.1 Å². The van der Waals surface area contributed by atoms with Gasteiger partial charge in [0.15, 0.2) is 4.47 Å². The van der Waals surface area contributed by atoms with E-state index >= 15 is 0 Å². The van der Waals surface area contributed by atoms with E-state index < -0.39 is 0 Å². The summed E-state index contributed by atoms with van der Waals surface area (Å²) in [5, 5.41) is 2.84. The molecule has 0 fully saturated rings. The van der Waals surface area contributed by atoms with Crippen LogP contribution < -0.4 is 5.32 Å². The first-order valence-electron chi connectivity index (χ1n) is 10.5. The molecule has 4 nitrogen and oxygen atoms in total. The minimum atomic E-state index is -0.388. The maximum absolute atomic E-state index is 12.2. The first-order valence-corrected chi connectivity index (χ1v) is 11.7. The van der Waals surface area contributed by atoms with Gasteiger partial charge >= 0.3 is 6.09 Å². The summed E-state index contributed by atoms with van der Waals surface area (Å²) >= 11 is 7.43. The number of hydrogen-bond acceptors (Lipinski definition) is 4. The zero-order valence-corrected chi connectivity index (χ0v) is 18.8.